The molecule has 4 aromatic rings. The summed E-state index contributed by atoms with van der Waals surface area (Å²) in [5, 5.41) is 15.9. The van der Waals surface area contributed by atoms with Crippen molar-refractivity contribution in [1.82, 2.24) is 30.4 Å². The molecule has 1 unspecified atom stereocenters. The number of rotatable bonds is 14. The highest BCUT2D eigenvalue weighted by Crippen LogP contribution is 2.32. The molecular formula is C33H40N6O7. The van der Waals surface area contributed by atoms with Crippen LogP contribution in [0.25, 0.3) is 11.4 Å². The van der Waals surface area contributed by atoms with Crippen LogP contribution < -0.4 is 24.3 Å². The molecule has 0 bridgehead atoms. The Labute approximate surface area is 267 Å². The van der Waals surface area contributed by atoms with Crippen LogP contribution in [0.2, 0.25) is 0 Å². The van der Waals surface area contributed by atoms with E-state index in [1.54, 1.807) is 65.7 Å². The number of aromatic nitrogens is 4. The molecule has 1 saturated carbocycles. The van der Waals surface area contributed by atoms with Gasteiger partial charge in [0.1, 0.15) is 18.1 Å². The number of nitrogens with zero attached hydrogens (tertiary/aromatic N) is 5. The molecule has 5 rings (SSSR count). The molecule has 0 saturated heterocycles. The molecular weight excluding hydrogens is 592 g/mol. The van der Waals surface area contributed by atoms with Gasteiger partial charge >= 0.3 is 0 Å². The van der Waals surface area contributed by atoms with E-state index in [0.717, 1.165) is 31.2 Å². The molecule has 0 spiro atoms. The molecule has 1 aliphatic carbocycles. The summed E-state index contributed by atoms with van der Waals surface area (Å²) >= 11 is 0. The van der Waals surface area contributed by atoms with E-state index in [1.165, 1.54) is 9.70 Å². The monoisotopic (exact) mass is 632 g/mol. The number of tetrazole rings is 1. The van der Waals surface area contributed by atoms with Crippen molar-refractivity contribution in [2.45, 2.75) is 57.7 Å². The first-order chi connectivity index (χ1) is 22.3. The Balaban J connectivity index is 1.44. The van der Waals surface area contributed by atoms with Crippen molar-refractivity contribution < 1.29 is 33.0 Å². The maximum Gasteiger partial charge on any atom is 0.250 e. The van der Waals surface area contributed by atoms with Gasteiger partial charge in [-0.25, -0.2) is 0 Å². The lowest BCUT2D eigenvalue weighted by atomic mass is 10.1. The largest absolute Gasteiger partial charge is 0.493 e. The minimum atomic E-state index is -1.00. The molecule has 2 aromatic carbocycles. The van der Waals surface area contributed by atoms with E-state index in [1.807, 2.05) is 18.2 Å². The lowest BCUT2D eigenvalue weighted by Gasteiger charge is -2.30. The van der Waals surface area contributed by atoms with Gasteiger partial charge < -0.3 is 33.6 Å². The maximum atomic E-state index is 14.1. The summed E-state index contributed by atoms with van der Waals surface area (Å²) in [6.07, 6.45) is 4.34. The fourth-order valence-corrected chi connectivity index (χ4v) is 5.67. The third-order valence-corrected chi connectivity index (χ3v) is 8.07. The lowest BCUT2D eigenvalue weighted by molar-refractivity contribution is -0.142. The van der Waals surface area contributed by atoms with Crippen molar-refractivity contribution in [2.24, 2.45) is 0 Å². The van der Waals surface area contributed by atoms with Crippen LogP contribution in [0.1, 0.15) is 48.8 Å². The second-order valence-electron chi connectivity index (χ2n) is 11.1. The van der Waals surface area contributed by atoms with Crippen LogP contribution in [-0.2, 0) is 22.6 Å². The highest BCUT2D eigenvalue weighted by atomic mass is 16.5. The molecule has 1 atom stereocenters. The average molecular weight is 633 g/mol. The number of aryl methyl sites for hydroxylation is 1. The van der Waals surface area contributed by atoms with Crippen LogP contribution in [0, 0.1) is 6.92 Å². The zero-order valence-corrected chi connectivity index (χ0v) is 26.8. The van der Waals surface area contributed by atoms with Crippen LogP contribution in [0.4, 0.5) is 0 Å². The Hall–Kier alpha value is -5.07. The molecule has 1 N–H and O–H groups in total. The summed E-state index contributed by atoms with van der Waals surface area (Å²) in [4.78, 5) is 30.8. The second-order valence-corrected chi connectivity index (χ2v) is 11.1. The van der Waals surface area contributed by atoms with Crippen LogP contribution in [0.15, 0.2) is 52.9 Å². The number of hydrogen-bond acceptors (Lipinski definition) is 10. The molecule has 13 nitrogen and oxygen atoms in total. The van der Waals surface area contributed by atoms with Gasteiger partial charge in [-0.15, -0.1) is 10.2 Å². The Bertz CT molecular complexity index is 1640. The number of furan rings is 1. The number of ether oxygens (including phenoxy) is 4. The standard InChI is InChI=1S/C33H40N6O7/c1-21-10-13-27(46-21)31(33(41)34-24-8-6-7-9-24)38(17-16-22-11-14-25(42-2)28(18-22)44-4)30(40)20-39-36-32(35-37-39)23-12-15-26(43-3)29(19-23)45-5/h10-15,18-19,24,31H,6-9,16-17,20H2,1-5H3,(H,34,41). The normalized spacial score (nSPS) is 13.7. The molecule has 2 heterocycles. The van der Waals surface area contributed by atoms with Crippen LogP contribution >= 0.6 is 0 Å². The third kappa shape index (κ3) is 7.41. The van der Waals surface area contributed by atoms with Gasteiger partial charge in [0.2, 0.25) is 11.7 Å². The van der Waals surface area contributed by atoms with Gasteiger partial charge in [0, 0.05) is 18.2 Å². The van der Waals surface area contributed by atoms with Gasteiger partial charge in [0.05, 0.1) is 28.4 Å². The number of methoxy groups -OCH3 is 4. The number of carbonyl (C=O) groups is 2. The minimum Gasteiger partial charge on any atom is -0.493 e. The van der Waals surface area contributed by atoms with Gasteiger partial charge in [-0.2, -0.15) is 4.80 Å². The van der Waals surface area contributed by atoms with Crippen LogP contribution in [-0.4, -0.2) is 77.9 Å². The molecule has 0 aliphatic heterocycles. The van der Waals surface area contributed by atoms with Crippen molar-refractivity contribution >= 4 is 11.8 Å². The molecule has 2 amide bonds. The van der Waals surface area contributed by atoms with Crippen molar-refractivity contribution in [3.63, 3.8) is 0 Å². The summed E-state index contributed by atoms with van der Waals surface area (Å²) in [5.74, 6) is 2.91. The number of nitrogens with one attached hydrogen (secondary N) is 1. The van der Waals surface area contributed by atoms with Crippen molar-refractivity contribution in [3.8, 4) is 34.4 Å². The average Bonchev–Trinajstić information content (AvgIpc) is 3.85. The van der Waals surface area contributed by atoms with Gasteiger partial charge in [0.15, 0.2) is 29.0 Å². The topological polar surface area (TPSA) is 143 Å². The van der Waals surface area contributed by atoms with Gasteiger partial charge in [-0.1, -0.05) is 18.9 Å². The van der Waals surface area contributed by atoms with Crippen LogP contribution in [0.5, 0.6) is 23.0 Å². The fraction of sp³-hybridized carbons (Fsp3) is 0.424. The molecule has 244 valence electrons. The zero-order chi connectivity index (χ0) is 32.6. The fourth-order valence-electron chi connectivity index (χ4n) is 5.67. The number of benzene rings is 2. The van der Waals surface area contributed by atoms with Crippen molar-refractivity contribution in [2.75, 3.05) is 35.0 Å². The van der Waals surface area contributed by atoms with Gasteiger partial charge in [0.25, 0.3) is 5.91 Å². The summed E-state index contributed by atoms with van der Waals surface area (Å²) in [6.45, 7) is 1.76. The highest BCUT2D eigenvalue weighted by Gasteiger charge is 2.35. The van der Waals surface area contributed by atoms with Gasteiger partial charge in [-0.3, -0.25) is 9.59 Å². The summed E-state index contributed by atoms with van der Waals surface area (Å²) < 4.78 is 27.6. The Kier molecular flexibility index (Phi) is 10.4. The smallest absolute Gasteiger partial charge is 0.250 e. The molecule has 0 radical (unpaired) electrons. The predicted molar refractivity (Wildman–Crippen MR) is 168 cm³/mol. The van der Waals surface area contributed by atoms with E-state index < -0.39 is 6.04 Å². The summed E-state index contributed by atoms with van der Waals surface area (Å²) in [5.41, 5.74) is 1.54. The first-order valence-corrected chi connectivity index (χ1v) is 15.2. The molecule has 1 fully saturated rings. The minimum absolute atomic E-state index is 0.0508. The quantitative estimate of drug-likeness (QED) is 0.215. The van der Waals surface area contributed by atoms with E-state index in [4.69, 9.17) is 23.4 Å². The van der Waals surface area contributed by atoms with E-state index in [-0.39, 0.29) is 30.9 Å². The predicted octanol–water partition coefficient (Wildman–Crippen LogP) is 4.15. The highest BCUT2D eigenvalue weighted by molar-refractivity contribution is 5.88. The van der Waals surface area contributed by atoms with Crippen molar-refractivity contribution in [3.05, 3.63) is 65.6 Å². The SMILES string of the molecule is COc1ccc(CCN(C(=O)Cn2nnc(-c3ccc(OC)c(OC)c3)n2)C(C(=O)NC2CCCC2)c2ccc(C)o2)cc1OC. The Morgan fingerprint density at radius 2 is 1.61 bits per heavy atom. The molecule has 46 heavy (non-hydrogen) atoms. The zero-order valence-electron chi connectivity index (χ0n) is 26.8. The molecule has 13 heteroatoms. The first kappa shape index (κ1) is 32.3. The Morgan fingerprint density at radius 1 is 0.935 bits per heavy atom. The second kappa shape index (κ2) is 14.8. The first-order valence-electron chi connectivity index (χ1n) is 15.2. The van der Waals surface area contributed by atoms with E-state index in [2.05, 4.69) is 20.7 Å². The Morgan fingerprint density at radius 3 is 2.26 bits per heavy atom. The summed E-state index contributed by atoms with van der Waals surface area (Å²) in [6, 6.07) is 13.4. The van der Waals surface area contributed by atoms with Crippen molar-refractivity contribution in [1.29, 1.82) is 0 Å². The van der Waals surface area contributed by atoms with E-state index in [0.29, 0.717) is 52.3 Å². The third-order valence-electron chi connectivity index (χ3n) is 8.07. The van der Waals surface area contributed by atoms with E-state index in [9.17, 15) is 9.59 Å². The van der Waals surface area contributed by atoms with Gasteiger partial charge in [-0.05, 0) is 79.4 Å². The molecule has 2 aromatic heterocycles. The lowest BCUT2D eigenvalue weighted by Crippen LogP contribution is -2.47. The number of carbonyl (C=O) groups excluding carboxylic acids is 2. The summed E-state index contributed by atoms with van der Waals surface area (Å²) in [7, 11) is 6.24. The van der Waals surface area contributed by atoms with E-state index >= 15 is 0 Å². The molecule has 1 aliphatic rings. The van der Waals surface area contributed by atoms with Crippen LogP contribution in [0.3, 0.4) is 0 Å². The number of amides is 2. The maximum absolute atomic E-state index is 14.1. The number of hydrogen-bond donors (Lipinski definition) is 1.